The van der Waals surface area contributed by atoms with E-state index in [1.807, 2.05) is 0 Å². The summed E-state index contributed by atoms with van der Waals surface area (Å²) in [5.41, 5.74) is 2.68. The first kappa shape index (κ1) is 17.6. The van der Waals surface area contributed by atoms with Gasteiger partial charge in [-0.1, -0.05) is 51.0 Å². The third kappa shape index (κ3) is 2.64. The number of allylic oxidation sites excluding steroid dienone is 4. The largest absolute Gasteiger partial charge is 0.298 e. The number of hydrogen-bond acceptors (Lipinski definition) is 1. The minimum atomic E-state index is -0.316. The lowest BCUT2D eigenvalue weighted by atomic mass is 9.61. The van der Waals surface area contributed by atoms with Gasteiger partial charge in [-0.15, -0.1) is 0 Å². The molecule has 0 aromatic rings. The fourth-order valence-electron chi connectivity index (χ4n) is 4.01. The van der Waals surface area contributed by atoms with Gasteiger partial charge in [-0.2, -0.15) is 13.5 Å². The molecule has 2 heteroatoms. The third-order valence-electron chi connectivity index (χ3n) is 5.39. The fourth-order valence-corrected chi connectivity index (χ4v) is 4.01. The highest BCUT2D eigenvalue weighted by Crippen LogP contribution is 2.52. The van der Waals surface area contributed by atoms with Crippen molar-refractivity contribution in [1.29, 1.82) is 0 Å². The zero-order valence-corrected chi connectivity index (χ0v) is 15.1. The standard InChI is InChI=1S/C18H28O.H2S/c1-12-8-9-14(18(12,6)7)13-10-16(2,3)15(19)17(4,5)11-13;/h8,10,14H,9,11H2,1-7H3;1H2. The van der Waals surface area contributed by atoms with Gasteiger partial charge < -0.3 is 0 Å². The van der Waals surface area contributed by atoms with E-state index in [4.69, 9.17) is 0 Å². The molecule has 1 unspecified atom stereocenters. The summed E-state index contributed by atoms with van der Waals surface area (Å²) in [6.45, 7) is 15.3. The first-order chi connectivity index (χ1) is 8.48. The molecule has 0 bridgehead atoms. The van der Waals surface area contributed by atoms with Crippen molar-refractivity contribution in [1.82, 2.24) is 0 Å². The van der Waals surface area contributed by atoms with Crippen molar-refractivity contribution in [3.05, 3.63) is 23.3 Å². The number of carbonyl (C=O) groups is 1. The molecule has 0 aromatic heterocycles. The van der Waals surface area contributed by atoms with Crippen LogP contribution < -0.4 is 0 Å². The summed E-state index contributed by atoms with van der Waals surface area (Å²) < 4.78 is 0. The lowest BCUT2D eigenvalue weighted by molar-refractivity contribution is -0.134. The smallest absolute Gasteiger partial charge is 0.148 e. The summed E-state index contributed by atoms with van der Waals surface area (Å²) in [6.07, 6.45) is 6.69. The van der Waals surface area contributed by atoms with Gasteiger partial charge in [-0.25, -0.2) is 0 Å². The summed E-state index contributed by atoms with van der Waals surface area (Å²) in [5.74, 6) is 0.948. The van der Waals surface area contributed by atoms with Gasteiger partial charge in [0.05, 0.1) is 0 Å². The number of Topliss-reactive ketones (excluding diaryl/α,β-unsaturated/α-hetero) is 1. The Balaban J connectivity index is 0.00000200. The van der Waals surface area contributed by atoms with Crippen LogP contribution >= 0.6 is 13.5 Å². The predicted molar refractivity (Wildman–Crippen MR) is 91.3 cm³/mol. The van der Waals surface area contributed by atoms with Crippen LogP contribution in [0.5, 0.6) is 0 Å². The van der Waals surface area contributed by atoms with E-state index < -0.39 is 0 Å². The van der Waals surface area contributed by atoms with Crippen molar-refractivity contribution in [2.24, 2.45) is 22.2 Å². The van der Waals surface area contributed by atoms with Crippen molar-refractivity contribution in [2.45, 2.75) is 61.3 Å². The van der Waals surface area contributed by atoms with Gasteiger partial charge in [0.15, 0.2) is 0 Å². The first-order valence-electron chi connectivity index (χ1n) is 7.42. The highest BCUT2D eigenvalue weighted by Gasteiger charge is 2.46. The number of hydrogen-bond donors (Lipinski definition) is 0. The van der Waals surface area contributed by atoms with E-state index >= 15 is 0 Å². The second kappa shape index (κ2) is 5.05. The number of rotatable bonds is 1. The molecule has 2 rings (SSSR count). The molecule has 0 aromatic carbocycles. The van der Waals surface area contributed by atoms with Gasteiger partial charge in [-0.05, 0) is 44.9 Å². The van der Waals surface area contributed by atoms with Crippen LogP contribution in [0, 0.1) is 22.2 Å². The van der Waals surface area contributed by atoms with E-state index in [9.17, 15) is 4.79 Å². The molecule has 0 heterocycles. The van der Waals surface area contributed by atoms with Crippen LogP contribution in [0.25, 0.3) is 0 Å². The molecule has 0 saturated heterocycles. The zero-order valence-electron chi connectivity index (χ0n) is 14.1. The predicted octanol–water partition coefficient (Wildman–Crippen LogP) is 5.04. The van der Waals surface area contributed by atoms with Crippen LogP contribution in [0.15, 0.2) is 23.3 Å². The average Bonchev–Trinajstić information content (AvgIpc) is 2.50. The summed E-state index contributed by atoms with van der Waals surface area (Å²) in [4.78, 5) is 12.5. The average molecular weight is 295 g/mol. The molecule has 0 saturated carbocycles. The lowest BCUT2D eigenvalue weighted by Gasteiger charge is -2.42. The third-order valence-corrected chi connectivity index (χ3v) is 5.39. The molecular formula is C18H30OS. The van der Waals surface area contributed by atoms with Crippen molar-refractivity contribution >= 4 is 19.3 Å². The Morgan fingerprint density at radius 3 is 2.05 bits per heavy atom. The monoisotopic (exact) mass is 294 g/mol. The molecule has 1 atom stereocenters. The zero-order chi connectivity index (χ0) is 14.6. The highest BCUT2D eigenvalue weighted by atomic mass is 32.1. The Labute approximate surface area is 131 Å². The second-order valence-electron chi connectivity index (χ2n) is 8.23. The summed E-state index contributed by atoms with van der Waals surface area (Å²) >= 11 is 0. The Bertz CT molecular complexity index is 478. The normalized spacial score (nSPS) is 30.4. The van der Waals surface area contributed by atoms with E-state index in [1.165, 1.54) is 11.1 Å². The molecule has 0 N–H and O–H groups in total. The molecule has 2 aliphatic rings. The molecule has 1 nitrogen and oxygen atoms in total. The summed E-state index contributed by atoms with van der Waals surface area (Å²) in [7, 11) is 0. The molecule has 20 heavy (non-hydrogen) atoms. The number of carbonyl (C=O) groups excluding carboxylic acids is 1. The molecule has 0 spiro atoms. The molecule has 0 fully saturated rings. The quantitative estimate of drug-likeness (QED) is 0.619. The summed E-state index contributed by atoms with van der Waals surface area (Å²) in [6, 6.07) is 0. The van der Waals surface area contributed by atoms with Crippen LogP contribution in [0.2, 0.25) is 0 Å². The molecular weight excluding hydrogens is 264 g/mol. The van der Waals surface area contributed by atoms with Crippen molar-refractivity contribution in [3.8, 4) is 0 Å². The Kier molecular flexibility index (Phi) is 4.43. The Morgan fingerprint density at radius 2 is 1.65 bits per heavy atom. The Hall–Kier alpha value is -0.500. The lowest BCUT2D eigenvalue weighted by Crippen LogP contribution is -2.41. The van der Waals surface area contributed by atoms with Crippen LogP contribution in [0.3, 0.4) is 0 Å². The van der Waals surface area contributed by atoms with E-state index in [2.05, 4.69) is 60.6 Å². The van der Waals surface area contributed by atoms with Gasteiger partial charge in [0, 0.05) is 10.8 Å². The van der Waals surface area contributed by atoms with Gasteiger partial charge in [0.2, 0.25) is 0 Å². The van der Waals surface area contributed by atoms with Crippen molar-refractivity contribution < 1.29 is 4.79 Å². The van der Waals surface area contributed by atoms with Crippen LogP contribution in [-0.4, -0.2) is 5.78 Å². The van der Waals surface area contributed by atoms with Crippen molar-refractivity contribution in [3.63, 3.8) is 0 Å². The summed E-state index contributed by atoms with van der Waals surface area (Å²) in [5, 5.41) is 0. The van der Waals surface area contributed by atoms with E-state index in [0.717, 1.165) is 12.8 Å². The van der Waals surface area contributed by atoms with Gasteiger partial charge in [-0.3, -0.25) is 4.79 Å². The second-order valence-corrected chi connectivity index (χ2v) is 8.23. The molecule has 0 aliphatic heterocycles. The van der Waals surface area contributed by atoms with Crippen LogP contribution in [0.4, 0.5) is 0 Å². The number of ketones is 1. The fraction of sp³-hybridized carbons (Fsp3) is 0.722. The maximum Gasteiger partial charge on any atom is 0.148 e. The first-order valence-corrected chi connectivity index (χ1v) is 7.42. The van der Waals surface area contributed by atoms with Gasteiger partial charge in [0.1, 0.15) is 5.78 Å². The van der Waals surface area contributed by atoms with E-state index in [0.29, 0.717) is 11.7 Å². The SMILES string of the molecule is CC1=CCC(C2=CC(C)(C)C(=O)C(C)(C)C2)C1(C)C.S. The van der Waals surface area contributed by atoms with Gasteiger partial charge in [0.25, 0.3) is 0 Å². The van der Waals surface area contributed by atoms with Crippen LogP contribution in [0.1, 0.15) is 61.3 Å². The Morgan fingerprint density at radius 1 is 1.10 bits per heavy atom. The minimum absolute atomic E-state index is 0. The molecule has 0 radical (unpaired) electrons. The minimum Gasteiger partial charge on any atom is -0.298 e. The highest BCUT2D eigenvalue weighted by molar-refractivity contribution is 7.59. The molecule has 2 aliphatic carbocycles. The van der Waals surface area contributed by atoms with E-state index in [1.54, 1.807) is 0 Å². The van der Waals surface area contributed by atoms with E-state index in [-0.39, 0.29) is 29.7 Å². The van der Waals surface area contributed by atoms with Crippen molar-refractivity contribution in [2.75, 3.05) is 0 Å². The topological polar surface area (TPSA) is 17.1 Å². The molecule has 114 valence electrons. The maximum absolute atomic E-state index is 12.5. The van der Waals surface area contributed by atoms with Crippen LogP contribution in [-0.2, 0) is 4.79 Å². The maximum atomic E-state index is 12.5. The van der Waals surface area contributed by atoms with Gasteiger partial charge >= 0.3 is 0 Å². The molecule has 0 amide bonds.